The third-order valence-electron chi connectivity index (χ3n) is 3.13. The normalized spacial score (nSPS) is 12.4. The van der Waals surface area contributed by atoms with Crippen molar-refractivity contribution in [1.29, 1.82) is 0 Å². The molecule has 0 amide bonds. The fraction of sp³-hybridized carbons (Fsp3) is 0.250. The lowest BCUT2D eigenvalue weighted by Crippen LogP contribution is -2.20. The molecule has 2 rings (SSSR count). The van der Waals surface area contributed by atoms with E-state index in [0.717, 1.165) is 18.1 Å². The maximum Gasteiger partial charge on any atom is 0.126 e. The molecule has 0 heterocycles. The smallest absolute Gasteiger partial charge is 0.126 e. The van der Waals surface area contributed by atoms with Crippen molar-refractivity contribution >= 4 is 11.6 Å². The van der Waals surface area contributed by atoms with Crippen LogP contribution in [0, 0.1) is 11.6 Å². The Morgan fingerprint density at radius 3 is 2.40 bits per heavy atom. The second-order valence-electron chi connectivity index (χ2n) is 4.67. The second kappa shape index (κ2) is 6.82. The highest BCUT2D eigenvalue weighted by Crippen LogP contribution is 2.21. The fourth-order valence-electron chi connectivity index (χ4n) is 2.18. The Balaban J connectivity index is 2.07. The second-order valence-corrected chi connectivity index (χ2v) is 5.11. The Morgan fingerprint density at radius 2 is 1.80 bits per heavy atom. The molecule has 0 bridgehead atoms. The van der Waals surface area contributed by atoms with Crippen LogP contribution in [0.15, 0.2) is 42.5 Å². The first-order chi connectivity index (χ1) is 9.58. The molecule has 0 spiro atoms. The Hall–Kier alpha value is -1.45. The van der Waals surface area contributed by atoms with Crippen LogP contribution in [-0.2, 0) is 6.54 Å². The van der Waals surface area contributed by atoms with Gasteiger partial charge in [-0.3, -0.25) is 0 Å². The summed E-state index contributed by atoms with van der Waals surface area (Å²) in [4.78, 5) is 0. The monoisotopic (exact) mass is 295 g/mol. The van der Waals surface area contributed by atoms with Crippen LogP contribution in [0.4, 0.5) is 8.78 Å². The Labute approximate surface area is 122 Å². The lowest BCUT2D eigenvalue weighted by Gasteiger charge is -2.18. The van der Waals surface area contributed by atoms with Gasteiger partial charge in [-0.2, -0.15) is 0 Å². The summed E-state index contributed by atoms with van der Waals surface area (Å²) in [5.74, 6) is -1.12. The number of nitrogens with one attached hydrogen (secondary N) is 1. The first kappa shape index (κ1) is 14.9. The average molecular weight is 296 g/mol. The molecule has 20 heavy (non-hydrogen) atoms. The van der Waals surface area contributed by atoms with Crippen molar-refractivity contribution < 1.29 is 8.78 Å². The third-order valence-corrected chi connectivity index (χ3v) is 3.37. The van der Waals surface area contributed by atoms with Crippen molar-refractivity contribution in [3.63, 3.8) is 0 Å². The molecule has 106 valence electrons. The molecule has 4 heteroatoms. The number of hydrogen-bond acceptors (Lipinski definition) is 1. The first-order valence-corrected chi connectivity index (χ1v) is 6.90. The van der Waals surface area contributed by atoms with Gasteiger partial charge < -0.3 is 5.32 Å². The molecule has 0 aliphatic carbocycles. The van der Waals surface area contributed by atoms with E-state index in [2.05, 4.69) is 5.32 Å². The average Bonchev–Trinajstić information content (AvgIpc) is 2.38. The topological polar surface area (TPSA) is 12.0 Å². The summed E-state index contributed by atoms with van der Waals surface area (Å²) in [5, 5.41) is 3.97. The van der Waals surface area contributed by atoms with Gasteiger partial charge in [0.15, 0.2) is 0 Å². The van der Waals surface area contributed by atoms with Gasteiger partial charge in [-0.25, -0.2) is 8.78 Å². The maximum absolute atomic E-state index is 13.1. The summed E-state index contributed by atoms with van der Waals surface area (Å²) in [5.41, 5.74) is 1.65. The molecule has 2 aromatic carbocycles. The zero-order valence-corrected chi connectivity index (χ0v) is 11.9. The molecule has 1 atom stereocenters. The molecule has 1 N–H and O–H groups in total. The van der Waals surface area contributed by atoms with E-state index in [-0.39, 0.29) is 6.04 Å². The molecule has 1 nitrogen and oxygen atoms in total. The Morgan fingerprint density at radius 1 is 1.10 bits per heavy atom. The highest BCUT2D eigenvalue weighted by Gasteiger charge is 2.09. The highest BCUT2D eigenvalue weighted by atomic mass is 35.5. The van der Waals surface area contributed by atoms with Crippen LogP contribution in [0.5, 0.6) is 0 Å². The van der Waals surface area contributed by atoms with Gasteiger partial charge in [0.2, 0.25) is 0 Å². The summed E-state index contributed by atoms with van der Waals surface area (Å²) in [7, 11) is 0. The van der Waals surface area contributed by atoms with Gasteiger partial charge in [0, 0.05) is 23.7 Å². The van der Waals surface area contributed by atoms with E-state index in [4.69, 9.17) is 11.6 Å². The van der Waals surface area contributed by atoms with Gasteiger partial charge in [-0.15, -0.1) is 0 Å². The van der Waals surface area contributed by atoms with E-state index in [0.29, 0.717) is 17.1 Å². The van der Waals surface area contributed by atoms with E-state index in [1.807, 2.05) is 31.2 Å². The van der Waals surface area contributed by atoms with Crippen LogP contribution in [0.2, 0.25) is 5.02 Å². The van der Waals surface area contributed by atoms with Crippen LogP contribution in [0.3, 0.4) is 0 Å². The third kappa shape index (κ3) is 4.02. The summed E-state index contributed by atoms with van der Waals surface area (Å²) < 4.78 is 26.2. The predicted molar refractivity (Wildman–Crippen MR) is 77.7 cm³/mol. The number of halogens is 3. The van der Waals surface area contributed by atoms with E-state index >= 15 is 0 Å². The van der Waals surface area contributed by atoms with Crippen molar-refractivity contribution in [3.05, 3.63) is 70.2 Å². The van der Waals surface area contributed by atoms with Crippen LogP contribution >= 0.6 is 11.6 Å². The number of hydrogen-bond donors (Lipinski definition) is 1. The Bertz CT molecular complexity index is 566. The predicted octanol–water partition coefficient (Wildman–Crippen LogP) is 4.86. The van der Waals surface area contributed by atoms with Crippen molar-refractivity contribution in [1.82, 2.24) is 5.32 Å². The van der Waals surface area contributed by atoms with Crippen molar-refractivity contribution in [2.75, 3.05) is 0 Å². The number of benzene rings is 2. The van der Waals surface area contributed by atoms with Crippen molar-refractivity contribution in [2.24, 2.45) is 0 Å². The minimum Gasteiger partial charge on any atom is -0.306 e. The van der Waals surface area contributed by atoms with Gasteiger partial charge in [0.25, 0.3) is 0 Å². The standard InChI is InChI=1S/C16H16ClF2N/c1-2-16(12-4-3-5-13(17)8-12)20-10-11-6-14(18)9-15(19)7-11/h3-9,16,20H,2,10H2,1H3. The van der Waals surface area contributed by atoms with Crippen LogP contribution in [-0.4, -0.2) is 0 Å². The van der Waals surface area contributed by atoms with E-state index in [1.165, 1.54) is 12.1 Å². The molecular weight excluding hydrogens is 280 g/mol. The molecule has 0 aliphatic heterocycles. The minimum atomic E-state index is -0.558. The van der Waals surface area contributed by atoms with Crippen molar-refractivity contribution in [2.45, 2.75) is 25.9 Å². The quantitative estimate of drug-likeness (QED) is 0.830. The van der Waals surface area contributed by atoms with E-state index < -0.39 is 11.6 Å². The molecular formula is C16H16ClF2N. The van der Waals surface area contributed by atoms with Crippen LogP contribution < -0.4 is 5.32 Å². The van der Waals surface area contributed by atoms with Crippen LogP contribution in [0.1, 0.15) is 30.5 Å². The zero-order valence-electron chi connectivity index (χ0n) is 11.2. The lowest BCUT2D eigenvalue weighted by atomic mass is 10.0. The fourth-order valence-corrected chi connectivity index (χ4v) is 2.37. The largest absolute Gasteiger partial charge is 0.306 e. The molecule has 2 aromatic rings. The van der Waals surface area contributed by atoms with Gasteiger partial charge >= 0.3 is 0 Å². The molecule has 1 unspecified atom stereocenters. The SMILES string of the molecule is CCC(NCc1cc(F)cc(F)c1)c1cccc(Cl)c1. The summed E-state index contributed by atoms with van der Waals surface area (Å²) >= 11 is 5.98. The molecule has 0 saturated carbocycles. The zero-order chi connectivity index (χ0) is 14.5. The van der Waals surface area contributed by atoms with Gasteiger partial charge in [0.1, 0.15) is 11.6 Å². The minimum absolute atomic E-state index is 0.0972. The van der Waals surface area contributed by atoms with Crippen molar-refractivity contribution in [3.8, 4) is 0 Å². The van der Waals surface area contributed by atoms with Gasteiger partial charge in [-0.1, -0.05) is 30.7 Å². The summed E-state index contributed by atoms with van der Waals surface area (Å²) in [6.45, 7) is 2.45. The van der Waals surface area contributed by atoms with E-state index in [9.17, 15) is 8.78 Å². The van der Waals surface area contributed by atoms with Gasteiger partial charge in [-0.05, 0) is 41.8 Å². The molecule has 0 aromatic heterocycles. The molecule has 0 fully saturated rings. The Kier molecular flexibility index (Phi) is 5.10. The lowest BCUT2D eigenvalue weighted by molar-refractivity contribution is 0.513. The van der Waals surface area contributed by atoms with E-state index in [1.54, 1.807) is 0 Å². The summed E-state index contributed by atoms with van der Waals surface area (Å²) in [6.07, 6.45) is 0.859. The molecule has 0 radical (unpaired) electrons. The number of rotatable bonds is 5. The molecule has 0 saturated heterocycles. The highest BCUT2D eigenvalue weighted by molar-refractivity contribution is 6.30. The maximum atomic E-state index is 13.1. The van der Waals surface area contributed by atoms with Crippen LogP contribution in [0.25, 0.3) is 0 Å². The molecule has 0 aliphatic rings. The van der Waals surface area contributed by atoms with Gasteiger partial charge in [0.05, 0.1) is 0 Å². The summed E-state index contributed by atoms with van der Waals surface area (Å²) in [6, 6.07) is 11.2. The first-order valence-electron chi connectivity index (χ1n) is 6.52.